The Labute approximate surface area is 137 Å². The minimum Gasteiger partial charge on any atom is -0.377 e. The third-order valence-electron chi connectivity index (χ3n) is 4.40. The molecular weight excluding hydrogens is 328 g/mol. The molecule has 0 saturated carbocycles. The second-order valence-corrected chi connectivity index (χ2v) is 6.78. The summed E-state index contributed by atoms with van der Waals surface area (Å²) in [6.07, 6.45) is 2.64. The summed E-state index contributed by atoms with van der Waals surface area (Å²) in [5, 5.41) is 3.60. The van der Waals surface area contributed by atoms with Crippen LogP contribution < -0.4 is 5.32 Å². The first-order chi connectivity index (χ1) is 10.1. The van der Waals surface area contributed by atoms with Crippen molar-refractivity contribution >= 4 is 15.9 Å². The van der Waals surface area contributed by atoms with Gasteiger partial charge in [0.05, 0.1) is 6.10 Å². The minimum absolute atomic E-state index is 0.361. The fourth-order valence-corrected chi connectivity index (χ4v) is 3.39. The molecule has 21 heavy (non-hydrogen) atoms. The molecule has 4 heteroatoms. The van der Waals surface area contributed by atoms with Crippen molar-refractivity contribution in [2.75, 3.05) is 26.7 Å². The Hall–Kier alpha value is -0.420. The smallest absolute Gasteiger partial charge is 0.0702 e. The third-order valence-corrected chi connectivity index (χ3v) is 4.92. The molecule has 3 atom stereocenters. The Balaban J connectivity index is 1.92. The lowest BCUT2D eigenvalue weighted by atomic mass is 10.0. The lowest BCUT2D eigenvalue weighted by Crippen LogP contribution is -2.38. The zero-order valence-electron chi connectivity index (χ0n) is 13.3. The van der Waals surface area contributed by atoms with E-state index >= 15 is 0 Å². The Morgan fingerprint density at radius 2 is 2.10 bits per heavy atom. The van der Waals surface area contributed by atoms with Gasteiger partial charge in [0.1, 0.15) is 0 Å². The Kier molecular flexibility index (Phi) is 6.68. The Bertz CT molecular complexity index is 423. The molecule has 3 unspecified atom stereocenters. The topological polar surface area (TPSA) is 24.5 Å². The lowest BCUT2D eigenvalue weighted by molar-refractivity contribution is 0.0823. The van der Waals surface area contributed by atoms with Crippen LogP contribution in [0.3, 0.4) is 0 Å². The van der Waals surface area contributed by atoms with E-state index in [1.165, 1.54) is 5.56 Å². The van der Waals surface area contributed by atoms with Gasteiger partial charge in [-0.3, -0.25) is 0 Å². The summed E-state index contributed by atoms with van der Waals surface area (Å²) >= 11 is 3.50. The zero-order chi connectivity index (χ0) is 15.2. The van der Waals surface area contributed by atoms with Crippen LogP contribution >= 0.6 is 15.9 Å². The van der Waals surface area contributed by atoms with Crippen molar-refractivity contribution in [2.24, 2.45) is 0 Å². The molecule has 0 bridgehead atoms. The molecule has 118 valence electrons. The van der Waals surface area contributed by atoms with Crippen LogP contribution in [0, 0.1) is 0 Å². The largest absolute Gasteiger partial charge is 0.377 e. The molecule has 1 fully saturated rings. The lowest BCUT2D eigenvalue weighted by Gasteiger charge is -2.28. The van der Waals surface area contributed by atoms with Crippen LogP contribution in [0.1, 0.15) is 38.3 Å². The Morgan fingerprint density at radius 3 is 2.67 bits per heavy atom. The highest BCUT2D eigenvalue weighted by Gasteiger charge is 2.27. The van der Waals surface area contributed by atoms with Gasteiger partial charge < -0.3 is 15.0 Å². The van der Waals surface area contributed by atoms with Gasteiger partial charge in [-0.25, -0.2) is 0 Å². The van der Waals surface area contributed by atoms with Crippen LogP contribution in [0.15, 0.2) is 28.7 Å². The summed E-state index contributed by atoms with van der Waals surface area (Å²) in [4.78, 5) is 2.46. The normalized spacial score (nSPS) is 23.7. The second kappa shape index (κ2) is 8.28. The fraction of sp³-hybridized carbons (Fsp3) is 0.647. The molecule has 2 rings (SSSR count). The number of benzene rings is 1. The minimum atomic E-state index is 0.361. The van der Waals surface area contributed by atoms with Gasteiger partial charge in [-0.05, 0) is 51.1 Å². The van der Waals surface area contributed by atoms with Crippen molar-refractivity contribution < 1.29 is 4.74 Å². The van der Waals surface area contributed by atoms with Gasteiger partial charge in [0.2, 0.25) is 0 Å². The predicted molar refractivity (Wildman–Crippen MR) is 91.6 cm³/mol. The van der Waals surface area contributed by atoms with Crippen LogP contribution in [-0.2, 0) is 4.74 Å². The standard InChI is InChI=1S/C17H27BrN2O/c1-4-19-16(14-5-7-15(18)8-6-14)9-11-20(3)17-10-12-21-13(17)2/h5-8,13,16-17,19H,4,9-12H2,1-3H3. The van der Waals surface area contributed by atoms with Gasteiger partial charge in [-0.15, -0.1) is 0 Å². The van der Waals surface area contributed by atoms with Gasteiger partial charge >= 0.3 is 0 Å². The van der Waals surface area contributed by atoms with E-state index in [-0.39, 0.29) is 0 Å². The zero-order valence-corrected chi connectivity index (χ0v) is 14.9. The molecule has 0 spiro atoms. The maximum absolute atomic E-state index is 5.68. The highest BCUT2D eigenvalue weighted by Crippen LogP contribution is 2.22. The second-order valence-electron chi connectivity index (χ2n) is 5.86. The van der Waals surface area contributed by atoms with Gasteiger partial charge in [0, 0.05) is 29.7 Å². The fourth-order valence-electron chi connectivity index (χ4n) is 3.13. The third kappa shape index (κ3) is 4.78. The van der Waals surface area contributed by atoms with Gasteiger partial charge in [0.25, 0.3) is 0 Å². The molecular formula is C17H27BrN2O. The summed E-state index contributed by atoms with van der Waals surface area (Å²) in [6.45, 7) is 7.34. The van der Waals surface area contributed by atoms with E-state index < -0.39 is 0 Å². The van der Waals surface area contributed by atoms with Crippen molar-refractivity contribution in [3.8, 4) is 0 Å². The SMILES string of the molecule is CCNC(CCN(C)C1CCOC1C)c1ccc(Br)cc1. The van der Waals surface area contributed by atoms with Crippen LogP contribution in [0.4, 0.5) is 0 Å². The number of ether oxygens (including phenoxy) is 1. The van der Waals surface area contributed by atoms with E-state index in [1.807, 2.05) is 0 Å². The number of nitrogens with one attached hydrogen (secondary N) is 1. The average Bonchev–Trinajstić information content (AvgIpc) is 2.90. The number of likely N-dealkylation sites (N-methyl/N-ethyl adjacent to an activating group) is 1. The molecule has 1 aliphatic rings. The van der Waals surface area contributed by atoms with Crippen molar-refractivity contribution in [3.05, 3.63) is 34.3 Å². The highest BCUT2D eigenvalue weighted by atomic mass is 79.9. The quantitative estimate of drug-likeness (QED) is 0.809. The number of halogens is 1. The molecule has 0 radical (unpaired) electrons. The Morgan fingerprint density at radius 1 is 1.38 bits per heavy atom. The monoisotopic (exact) mass is 354 g/mol. The molecule has 1 N–H and O–H groups in total. The van der Waals surface area contributed by atoms with Gasteiger partial charge in [-0.2, -0.15) is 0 Å². The summed E-state index contributed by atoms with van der Waals surface area (Å²) in [6, 6.07) is 9.64. The molecule has 1 aliphatic heterocycles. The molecule has 0 aliphatic carbocycles. The summed E-state index contributed by atoms with van der Waals surface area (Å²) < 4.78 is 6.81. The maximum atomic E-state index is 5.68. The maximum Gasteiger partial charge on any atom is 0.0702 e. The highest BCUT2D eigenvalue weighted by molar-refractivity contribution is 9.10. The summed E-state index contributed by atoms with van der Waals surface area (Å²) in [5.41, 5.74) is 1.36. The number of hydrogen-bond acceptors (Lipinski definition) is 3. The van der Waals surface area contributed by atoms with Crippen LogP contribution in [0.2, 0.25) is 0 Å². The van der Waals surface area contributed by atoms with Crippen molar-refractivity contribution in [3.63, 3.8) is 0 Å². The molecule has 3 nitrogen and oxygen atoms in total. The van der Waals surface area contributed by atoms with Gasteiger partial charge in [-0.1, -0.05) is 35.0 Å². The van der Waals surface area contributed by atoms with Crippen LogP contribution in [0.25, 0.3) is 0 Å². The number of nitrogens with zero attached hydrogens (tertiary/aromatic N) is 1. The van der Waals surface area contributed by atoms with E-state index in [4.69, 9.17) is 4.74 Å². The van der Waals surface area contributed by atoms with E-state index in [9.17, 15) is 0 Å². The molecule has 1 aromatic carbocycles. The van der Waals surface area contributed by atoms with Crippen molar-refractivity contribution in [1.29, 1.82) is 0 Å². The van der Waals surface area contributed by atoms with Crippen molar-refractivity contribution in [1.82, 2.24) is 10.2 Å². The average molecular weight is 355 g/mol. The predicted octanol–water partition coefficient (Wildman–Crippen LogP) is 3.60. The number of hydrogen-bond donors (Lipinski definition) is 1. The molecule has 1 aromatic rings. The summed E-state index contributed by atoms with van der Waals surface area (Å²) in [5.74, 6) is 0. The molecule has 1 heterocycles. The number of rotatable bonds is 7. The molecule has 0 amide bonds. The van der Waals surface area contributed by atoms with E-state index in [0.29, 0.717) is 18.2 Å². The first kappa shape index (κ1) is 16.9. The van der Waals surface area contributed by atoms with Crippen LogP contribution in [0.5, 0.6) is 0 Å². The first-order valence-corrected chi connectivity index (χ1v) is 8.71. The van der Waals surface area contributed by atoms with Gasteiger partial charge in [0.15, 0.2) is 0 Å². The first-order valence-electron chi connectivity index (χ1n) is 7.92. The van der Waals surface area contributed by atoms with E-state index in [2.05, 4.69) is 71.3 Å². The molecule has 1 saturated heterocycles. The van der Waals surface area contributed by atoms with E-state index in [1.54, 1.807) is 0 Å². The van der Waals surface area contributed by atoms with Crippen LogP contribution in [-0.4, -0.2) is 43.8 Å². The molecule has 0 aromatic heterocycles. The van der Waals surface area contributed by atoms with E-state index in [0.717, 1.165) is 37.0 Å². The summed E-state index contributed by atoms with van der Waals surface area (Å²) in [7, 11) is 2.22. The van der Waals surface area contributed by atoms with Crippen molar-refractivity contribution in [2.45, 2.75) is 44.9 Å².